The highest BCUT2D eigenvalue weighted by atomic mass is 19.1. The number of hydrogen-bond acceptors (Lipinski definition) is 8. The predicted octanol–water partition coefficient (Wildman–Crippen LogP) is 2.96. The van der Waals surface area contributed by atoms with E-state index in [9.17, 15) is 9.18 Å². The Balaban J connectivity index is 0.000000241. The fraction of sp³-hybridized carbons (Fsp3) is 0.435. The Kier molecular flexibility index (Phi) is 11.0. The summed E-state index contributed by atoms with van der Waals surface area (Å²) in [6, 6.07) is 5.67. The summed E-state index contributed by atoms with van der Waals surface area (Å²) < 4.78 is 28.8. The van der Waals surface area contributed by atoms with Crippen molar-refractivity contribution in [2.24, 2.45) is 5.73 Å². The van der Waals surface area contributed by atoms with Crippen LogP contribution in [0.1, 0.15) is 30.4 Å². The number of primary amides is 1. The molecular formula is C23H33FN6O4. The van der Waals surface area contributed by atoms with E-state index in [0.29, 0.717) is 30.0 Å². The summed E-state index contributed by atoms with van der Waals surface area (Å²) in [5.74, 6) is 0.603. The van der Waals surface area contributed by atoms with Crippen LogP contribution in [0.4, 0.5) is 20.7 Å². The number of nitrogens with two attached hydrogens (primary N) is 2. The third kappa shape index (κ3) is 8.49. The van der Waals surface area contributed by atoms with Crippen molar-refractivity contribution >= 4 is 23.4 Å². The van der Waals surface area contributed by atoms with Gasteiger partial charge in [-0.15, -0.1) is 0 Å². The Morgan fingerprint density at radius 2 is 1.97 bits per heavy atom. The molecule has 2 amide bonds. The molecule has 1 aromatic carbocycles. The summed E-state index contributed by atoms with van der Waals surface area (Å²) >= 11 is 0. The minimum absolute atomic E-state index is 0.109. The summed E-state index contributed by atoms with van der Waals surface area (Å²) in [6.07, 6.45) is 5.06. The fourth-order valence-electron chi connectivity index (χ4n) is 3.38. The Morgan fingerprint density at radius 1 is 1.24 bits per heavy atom. The van der Waals surface area contributed by atoms with Crippen molar-refractivity contribution in [3.05, 3.63) is 47.4 Å². The predicted molar refractivity (Wildman–Crippen MR) is 129 cm³/mol. The number of piperidine rings is 1. The third-order valence-corrected chi connectivity index (χ3v) is 5.09. The number of pyridine rings is 1. The molecule has 0 saturated carbocycles. The van der Waals surface area contributed by atoms with Crippen LogP contribution in [0, 0.1) is 11.2 Å². The number of likely N-dealkylation sites (tertiary alicyclic amines) is 1. The van der Waals surface area contributed by atoms with Gasteiger partial charge in [-0.2, -0.15) is 0 Å². The second kappa shape index (κ2) is 14.0. The molecule has 6 N–H and O–H groups in total. The summed E-state index contributed by atoms with van der Waals surface area (Å²) in [4.78, 5) is 16.8. The summed E-state index contributed by atoms with van der Waals surface area (Å²) in [7, 11) is 3.13. The molecule has 186 valence electrons. The Hall–Kier alpha value is -3.44. The molecule has 11 heteroatoms. The minimum Gasteiger partial charge on any atom is -0.496 e. The number of halogens is 1. The lowest BCUT2D eigenvalue weighted by molar-refractivity contribution is 0.141. The molecule has 1 aliphatic rings. The number of anilines is 2. The van der Waals surface area contributed by atoms with Crippen LogP contribution in [-0.4, -0.2) is 62.3 Å². The molecule has 0 atom stereocenters. The standard InChI is InChI=1S/C13H18FNO.C10H15N5O3/c1-16-13-7-5-6-12(14)11(13)10-15-8-3-2-4-9-15;1-17-2-3-18-9(12)6-5-14-8(4-7(6)11)15-10(13)16/h5-7H,2-4,8-10H2,1H3;4-5,12H,2-3H2,1H3,(H5,11,13,14,15,16). The largest absolute Gasteiger partial charge is 0.496 e. The topological polar surface area (TPSA) is 149 Å². The van der Waals surface area contributed by atoms with Crippen molar-refractivity contribution in [1.29, 1.82) is 5.41 Å². The van der Waals surface area contributed by atoms with E-state index in [2.05, 4.69) is 15.2 Å². The number of nitrogens with one attached hydrogen (secondary N) is 2. The van der Waals surface area contributed by atoms with E-state index in [-0.39, 0.29) is 29.8 Å². The van der Waals surface area contributed by atoms with Crippen LogP contribution in [-0.2, 0) is 16.0 Å². The first-order chi connectivity index (χ1) is 16.3. The number of aromatic nitrogens is 1. The van der Waals surface area contributed by atoms with Gasteiger partial charge in [-0.05, 0) is 38.1 Å². The maximum Gasteiger partial charge on any atom is 0.317 e. The Morgan fingerprint density at radius 3 is 2.59 bits per heavy atom. The normalized spacial score (nSPS) is 13.4. The Labute approximate surface area is 198 Å². The zero-order valence-corrected chi connectivity index (χ0v) is 19.6. The molecule has 34 heavy (non-hydrogen) atoms. The number of methoxy groups -OCH3 is 2. The molecule has 3 rings (SSSR count). The van der Waals surface area contributed by atoms with Gasteiger partial charge in [0.2, 0.25) is 5.90 Å². The van der Waals surface area contributed by atoms with Crippen molar-refractivity contribution in [2.75, 3.05) is 51.6 Å². The van der Waals surface area contributed by atoms with Crippen LogP contribution in [0.15, 0.2) is 30.5 Å². The minimum atomic E-state index is -0.735. The second-order valence-corrected chi connectivity index (χ2v) is 7.57. The van der Waals surface area contributed by atoms with E-state index in [1.54, 1.807) is 13.2 Å². The molecule has 2 aromatic rings. The van der Waals surface area contributed by atoms with Crippen LogP contribution >= 0.6 is 0 Å². The van der Waals surface area contributed by atoms with Gasteiger partial charge in [-0.1, -0.05) is 12.5 Å². The molecule has 0 radical (unpaired) electrons. The van der Waals surface area contributed by atoms with Gasteiger partial charge < -0.3 is 25.7 Å². The SMILES string of the molecule is COCCOC(=N)c1cnc(NC(N)=O)cc1N.COc1cccc(F)c1CN1CCCCC1. The molecule has 1 fully saturated rings. The van der Waals surface area contributed by atoms with Crippen LogP contribution in [0.5, 0.6) is 5.75 Å². The maximum absolute atomic E-state index is 13.7. The van der Waals surface area contributed by atoms with E-state index in [0.717, 1.165) is 13.1 Å². The van der Waals surface area contributed by atoms with Crippen LogP contribution in [0.25, 0.3) is 0 Å². The quantitative estimate of drug-likeness (QED) is 0.260. The molecule has 1 saturated heterocycles. The van der Waals surface area contributed by atoms with Crippen molar-refractivity contribution in [3.63, 3.8) is 0 Å². The van der Waals surface area contributed by atoms with Gasteiger partial charge in [0.15, 0.2) is 0 Å². The molecule has 0 unspecified atom stereocenters. The fourth-order valence-corrected chi connectivity index (χ4v) is 3.38. The van der Waals surface area contributed by atoms with E-state index in [1.165, 1.54) is 44.7 Å². The van der Waals surface area contributed by atoms with E-state index in [1.807, 2.05) is 6.07 Å². The smallest absolute Gasteiger partial charge is 0.317 e. The number of hydrogen-bond donors (Lipinski definition) is 4. The highest BCUT2D eigenvalue weighted by molar-refractivity contribution is 5.97. The van der Waals surface area contributed by atoms with E-state index in [4.69, 9.17) is 31.1 Å². The molecule has 0 aliphatic carbocycles. The molecule has 2 heterocycles. The number of carbonyl (C=O) groups excluding carboxylic acids is 1. The molecule has 0 spiro atoms. The molecule has 10 nitrogen and oxygen atoms in total. The molecule has 0 bridgehead atoms. The number of urea groups is 1. The number of nitrogens with zero attached hydrogens (tertiary/aromatic N) is 2. The van der Waals surface area contributed by atoms with E-state index < -0.39 is 6.03 Å². The molecule has 1 aromatic heterocycles. The summed E-state index contributed by atoms with van der Waals surface area (Å²) in [5, 5.41) is 9.93. The van der Waals surface area contributed by atoms with Gasteiger partial charge in [-0.3, -0.25) is 15.6 Å². The first-order valence-electron chi connectivity index (χ1n) is 10.9. The first-order valence-corrected chi connectivity index (χ1v) is 10.9. The number of carbonyl (C=O) groups is 1. The number of ether oxygens (including phenoxy) is 3. The van der Waals surface area contributed by atoms with Crippen LogP contribution in [0.3, 0.4) is 0 Å². The van der Waals surface area contributed by atoms with Crippen molar-refractivity contribution in [2.45, 2.75) is 25.8 Å². The van der Waals surface area contributed by atoms with Crippen LogP contribution in [0.2, 0.25) is 0 Å². The van der Waals surface area contributed by atoms with Crippen LogP contribution < -0.4 is 21.5 Å². The highest BCUT2D eigenvalue weighted by Crippen LogP contribution is 2.24. The van der Waals surface area contributed by atoms with Gasteiger partial charge in [-0.25, -0.2) is 14.2 Å². The molecule has 1 aliphatic heterocycles. The number of nitrogen functional groups attached to an aromatic ring is 1. The monoisotopic (exact) mass is 476 g/mol. The Bertz CT molecular complexity index is 953. The van der Waals surface area contributed by atoms with Crippen molar-refractivity contribution < 1.29 is 23.4 Å². The average Bonchev–Trinajstić information content (AvgIpc) is 2.81. The van der Waals surface area contributed by atoms with Gasteiger partial charge in [0.25, 0.3) is 0 Å². The average molecular weight is 477 g/mol. The van der Waals surface area contributed by atoms with E-state index >= 15 is 0 Å². The maximum atomic E-state index is 13.7. The number of amides is 2. The van der Waals surface area contributed by atoms with Gasteiger partial charge in [0, 0.05) is 37.2 Å². The zero-order chi connectivity index (χ0) is 24.9. The number of benzene rings is 1. The van der Waals surface area contributed by atoms with Gasteiger partial charge >= 0.3 is 6.03 Å². The lowest BCUT2D eigenvalue weighted by atomic mass is 10.1. The lowest BCUT2D eigenvalue weighted by Gasteiger charge is -2.27. The zero-order valence-electron chi connectivity index (χ0n) is 19.6. The summed E-state index contributed by atoms with van der Waals surface area (Å²) in [5.41, 5.74) is 11.9. The first kappa shape index (κ1) is 26.8. The van der Waals surface area contributed by atoms with Crippen molar-refractivity contribution in [1.82, 2.24) is 9.88 Å². The molecular weight excluding hydrogens is 443 g/mol. The van der Waals surface area contributed by atoms with Crippen molar-refractivity contribution in [3.8, 4) is 5.75 Å². The lowest BCUT2D eigenvalue weighted by Crippen LogP contribution is -2.29. The highest BCUT2D eigenvalue weighted by Gasteiger charge is 2.16. The van der Waals surface area contributed by atoms with Gasteiger partial charge in [0.05, 0.1) is 19.3 Å². The second-order valence-electron chi connectivity index (χ2n) is 7.57. The number of rotatable bonds is 8. The third-order valence-electron chi connectivity index (χ3n) is 5.09. The van der Waals surface area contributed by atoms with Gasteiger partial charge in [0.1, 0.15) is 24.0 Å². The summed E-state index contributed by atoms with van der Waals surface area (Å²) in [6.45, 7) is 3.41.